The van der Waals surface area contributed by atoms with Crippen LogP contribution < -0.4 is 5.32 Å². The lowest BCUT2D eigenvalue weighted by Crippen LogP contribution is -2.39. The van der Waals surface area contributed by atoms with Crippen molar-refractivity contribution < 1.29 is 18.3 Å². The third-order valence-corrected chi connectivity index (χ3v) is 4.35. The molecule has 108 valence electrons. The van der Waals surface area contributed by atoms with Gasteiger partial charge in [0.05, 0.1) is 0 Å². The van der Waals surface area contributed by atoms with E-state index in [0.717, 1.165) is 42.4 Å². The molecule has 0 bridgehead atoms. The van der Waals surface area contributed by atoms with E-state index >= 15 is 0 Å². The summed E-state index contributed by atoms with van der Waals surface area (Å²) in [6.45, 7) is 0.464. The molecule has 0 aliphatic heterocycles. The van der Waals surface area contributed by atoms with E-state index in [1.54, 1.807) is 0 Å². The van der Waals surface area contributed by atoms with Crippen LogP contribution in [0.5, 0.6) is 0 Å². The summed E-state index contributed by atoms with van der Waals surface area (Å²) in [5, 5.41) is 14.0. The zero-order valence-electron chi connectivity index (χ0n) is 10.4. The standard InChI is InChI=1S/C12H17F3N2OS/c13-12(14,15)10-7-19-11(17-10)5-16-9-4-2-1-3-8(9)6-18/h7-9,16,18H,1-6H2/t8-,9-/m0/s1. The maximum absolute atomic E-state index is 12.4. The Hall–Kier alpha value is -0.660. The maximum Gasteiger partial charge on any atom is 0.434 e. The Morgan fingerprint density at radius 2 is 2.11 bits per heavy atom. The van der Waals surface area contributed by atoms with Crippen LogP contribution in [0.3, 0.4) is 0 Å². The average molecular weight is 294 g/mol. The van der Waals surface area contributed by atoms with Crippen molar-refractivity contribution >= 4 is 11.3 Å². The lowest BCUT2D eigenvalue weighted by atomic mass is 9.85. The van der Waals surface area contributed by atoms with Crippen molar-refractivity contribution in [2.75, 3.05) is 6.61 Å². The molecule has 0 amide bonds. The van der Waals surface area contributed by atoms with Crippen LogP contribution in [0.25, 0.3) is 0 Å². The first-order valence-electron chi connectivity index (χ1n) is 6.36. The fraction of sp³-hybridized carbons (Fsp3) is 0.750. The molecule has 19 heavy (non-hydrogen) atoms. The monoisotopic (exact) mass is 294 g/mol. The fourth-order valence-electron chi connectivity index (χ4n) is 2.44. The van der Waals surface area contributed by atoms with E-state index in [1.165, 1.54) is 0 Å². The van der Waals surface area contributed by atoms with Gasteiger partial charge in [0.25, 0.3) is 0 Å². The predicted molar refractivity (Wildman–Crippen MR) is 66.8 cm³/mol. The van der Waals surface area contributed by atoms with Gasteiger partial charge in [-0.3, -0.25) is 0 Å². The van der Waals surface area contributed by atoms with Gasteiger partial charge in [0.1, 0.15) is 5.01 Å². The van der Waals surface area contributed by atoms with Gasteiger partial charge >= 0.3 is 6.18 Å². The van der Waals surface area contributed by atoms with Gasteiger partial charge in [-0.1, -0.05) is 12.8 Å². The topological polar surface area (TPSA) is 45.1 Å². The Morgan fingerprint density at radius 1 is 1.37 bits per heavy atom. The number of nitrogens with one attached hydrogen (secondary N) is 1. The Morgan fingerprint density at radius 3 is 2.74 bits per heavy atom. The molecule has 7 heteroatoms. The molecular formula is C12H17F3N2OS. The van der Waals surface area contributed by atoms with E-state index in [0.29, 0.717) is 11.6 Å². The van der Waals surface area contributed by atoms with E-state index in [9.17, 15) is 18.3 Å². The number of nitrogens with zero attached hydrogens (tertiary/aromatic N) is 1. The molecule has 0 spiro atoms. The molecule has 0 aromatic carbocycles. The van der Waals surface area contributed by atoms with Crippen LogP contribution in [0.4, 0.5) is 13.2 Å². The molecule has 1 aliphatic carbocycles. The first-order valence-corrected chi connectivity index (χ1v) is 7.24. The van der Waals surface area contributed by atoms with Crippen molar-refractivity contribution in [2.45, 2.75) is 44.4 Å². The molecule has 1 aromatic heterocycles. The minimum Gasteiger partial charge on any atom is -0.396 e. The first-order chi connectivity index (χ1) is 9.00. The Labute approximate surface area is 113 Å². The van der Waals surface area contributed by atoms with Gasteiger partial charge in [0, 0.05) is 24.6 Å². The van der Waals surface area contributed by atoms with Crippen LogP contribution in [-0.2, 0) is 12.7 Å². The fourth-order valence-corrected chi connectivity index (χ4v) is 3.19. The van der Waals surface area contributed by atoms with Gasteiger partial charge in [-0.2, -0.15) is 13.2 Å². The zero-order valence-corrected chi connectivity index (χ0v) is 11.2. The number of alkyl halides is 3. The van der Waals surface area contributed by atoms with E-state index in [2.05, 4.69) is 10.3 Å². The molecule has 1 fully saturated rings. The summed E-state index contributed by atoms with van der Waals surface area (Å²) >= 11 is 1.02. The number of aliphatic hydroxyl groups is 1. The van der Waals surface area contributed by atoms with Crippen molar-refractivity contribution in [1.82, 2.24) is 10.3 Å². The highest BCUT2D eigenvalue weighted by atomic mass is 32.1. The summed E-state index contributed by atoms with van der Waals surface area (Å²) in [4.78, 5) is 3.59. The van der Waals surface area contributed by atoms with Crippen LogP contribution in [0.15, 0.2) is 5.38 Å². The summed E-state index contributed by atoms with van der Waals surface area (Å²) in [7, 11) is 0. The number of rotatable bonds is 4. The highest BCUT2D eigenvalue weighted by molar-refractivity contribution is 7.09. The summed E-state index contributed by atoms with van der Waals surface area (Å²) in [6, 6.07) is 0.178. The van der Waals surface area contributed by atoms with Crippen molar-refractivity contribution in [3.63, 3.8) is 0 Å². The molecule has 2 N–H and O–H groups in total. The lowest BCUT2D eigenvalue weighted by Gasteiger charge is -2.30. The van der Waals surface area contributed by atoms with E-state index < -0.39 is 11.9 Å². The second-order valence-corrected chi connectivity index (χ2v) is 5.78. The largest absolute Gasteiger partial charge is 0.434 e. The second-order valence-electron chi connectivity index (χ2n) is 4.84. The van der Waals surface area contributed by atoms with Gasteiger partial charge in [0.15, 0.2) is 5.69 Å². The number of halogens is 3. The van der Waals surface area contributed by atoms with Crippen molar-refractivity contribution in [1.29, 1.82) is 0 Å². The third kappa shape index (κ3) is 3.90. The molecule has 1 aliphatic rings. The third-order valence-electron chi connectivity index (χ3n) is 3.50. The second kappa shape index (κ2) is 6.19. The minimum absolute atomic E-state index is 0.128. The van der Waals surface area contributed by atoms with E-state index in [4.69, 9.17) is 0 Å². The van der Waals surface area contributed by atoms with Crippen molar-refractivity contribution in [3.8, 4) is 0 Å². The zero-order chi connectivity index (χ0) is 13.9. The van der Waals surface area contributed by atoms with Crippen LogP contribution in [0.1, 0.15) is 36.4 Å². The van der Waals surface area contributed by atoms with E-state index in [1.807, 2.05) is 0 Å². The van der Waals surface area contributed by atoms with Gasteiger partial charge in [-0.05, 0) is 18.8 Å². The summed E-state index contributed by atoms with van der Waals surface area (Å²) in [6.07, 6.45) is -0.228. The summed E-state index contributed by atoms with van der Waals surface area (Å²) in [5.74, 6) is 0.204. The number of aromatic nitrogens is 1. The number of hydrogen-bond donors (Lipinski definition) is 2. The maximum atomic E-state index is 12.4. The molecule has 1 heterocycles. The Bertz CT molecular complexity index is 408. The highest BCUT2D eigenvalue weighted by Crippen LogP contribution is 2.30. The minimum atomic E-state index is -4.37. The average Bonchev–Trinajstić information content (AvgIpc) is 2.85. The molecule has 0 radical (unpaired) electrons. The smallest absolute Gasteiger partial charge is 0.396 e. The van der Waals surface area contributed by atoms with Crippen LogP contribution >= 0.6 is 11.3 Å². The van der Waals surface area contributed by atoms with Gasteiger partial charge < -0.3 is 10.4 Å². The number of aliphatic hydroxyl groups excluding tert-OH is 1. The Balaban J connectivity index is 1.89. The predicted octanol–water partition coefficient (Wildman–Crippen LogP) is 2.80. The van der Waals surface area contributed by atoms with Gasteiger partial charge in [-0.25, -0.2) is 4.98 Å². The Kier molecular flexibility index (Phi) is 4.81. The SMILES string of the molecule is OC[C@@H]1CCCC[C@@H]1NCc1nc(C(F)(F)F)cs1. The molecule has 3 nitrogen and oxygen atoms in total. The van der Waals surface area contributed by atoms with Gasteiger partial charge in [0.2, 0.25) is 0 Å². The first kappa shape index (κ1) is 14.7. The van der Waals surface area contributed by atoms with Crippen molar-refractivity contribution in [2.24, 2.45) is 5.92 Å². The van der Waals surface area contributed by atoms with Gasteiger partial charge in [-0.15, -0.1) is 11.3 Å². The molecule has 0 unspecified atom stereocenters. The number of thiazole rings is 1. The molecule has 1 saturated carbocycles. The van der Waals surface area contributed by atoms with Crippen molar-refractivity contribution in [3.05, 3.63) is 16.1 Å². The molecule has 2 rings (SSSR count). The molecule has 2 atom stereocenters. The quantitative estimate of drug-likeness (QED) is 0.897. The summed E-state index contributed by atoms with van der Waals surface area (Å²) < 4.78 is 37.2. The van der Waals surface area contributed by atoms with Crippen LogP contribution in [0.2, 0.25) is 0 Å². The molecule has 1 aromatic rings. The molecular weight excluding hydrogens is 277 g/mol. The summed E-state index contributed by atoms with van der Waals surface area (Å²) in [5.41, 5.74) is -0.823. The normalized spacial score (nSPS) is 24.6. The number of hydrogen-bond acceptors (Lipinski definition) is 4. The molecule has 0 saturated heterocycles. The van der Waals surface area contributed by atoms with Crippen LogP contribution in [-0.4, -0.2) is 22.7 Å². The van der Waals surface area contributed by atoms with Crippen LogP contribution in [0, 0.1) is 5.92 Å². The van der Waals surface area contributed by atoms with E-state index in [-0.39, 0.29) is 18.6 Å². The highest BCUT2D eigenvalue weighted by Gasteiger charge is 2.33. The lowest BCUT2D eigenvalue weighted by molar-refractivity contribution is -0.140.